The van der Waals surface area contributed by atoms with E-state index in [9.17, 15) is 0 Å². The summed E-state index contributed by atoms with van der Waals surface area (Å²) in [7, 11) is 3.92. The number of nitrogens with one attached hydrogen (secondary N) is 2. The molecule has 5 aliphatic rings. The minimum Gasteiger partial charge on any atom is -0.388 e. The van der Waals surface area contributed by atoms with Gasteiger partial charge in [-0.1, -0.05) is 25.0 Å². The summed E-state index contributed by atoms with van der Waals surface area (Å²) in [5, 5.41) is 6.76. The van der Waals surface area contributed by atoms with E-state index in [1.54, 1.807) is 0 Å². The molecule has 2 aromatic carbocycles. The normalized spacial score (nSPS) is 20.2. The van der Waals surface area contributed by atoms with Crippen LogP contribution in [-0.4, -0.2) is 55.6 Å². The number of rotatable bonds is 6. The number of anilines is 3. The van der Waals surface area contributed by atoms with Gasteiger partial charge in [-0.15, -0.1) is 0 Å². The highest BCUT2D eigenvalue weighted by molar-refractivity contribution is 6.26. The highest BCUT2D eigenvalue weighted by Crippen LogP contribution is 2.37. The molecule has 0 amide bonds. The molecular formula is C31H34N8. The second kappa shape index (κ2) is 9.84. The van der Waals surface area contributed by atoms with Crippen LogP contribution in [0, 0.1) is 0 Å². The molecule has 0 spiro atoms. The van der Waals surface area contributed by atoms with Gasteiger partial charge in [0, 0.05) is 55.4 Å². The van der Waals surface area contributed by atoms with Crippen molar-refractivity contribution in [3.05, 3.63) is 77.1 Å². The molecule has 2 aromatic rings. The lowest BCUT2D eigenvalue weighted by atomic mass is 9.95. The van der Waals surface area contributed by atoms with E-state index in [4.69, 9.17) is 20.0 Å². The van der Waals surface area contributed by atoms with Crippen molar-refractivity contribution in [3.8, 4) is 0 Å². The summed E-state index contributed by atoms with van der Waals surface area (Å²) in [4.78, 5) is 24.2. The first-order valence-electron chi connectivity index (χ1n) is 14.1. The highest BCUT2D eigenvalue weighted by Gasteiger charge is 2.32. The molecule has 198 valence electrons. The summed E-state index contributed by atoms with van der Waals surface area (Å²) in [6.07, 6.45) is 13.6. The monoisotopic (exact) mass is 518 g/mol. The summed E-state index contributed by atoms with van der Waals surface area (Å²) in [5.74, 6) is 4.09. The Hall–Kier alpha value is -4.20. The topological polar surface area (TPSA) is 80.0 Å². The number of amidine groups is 3. The fourth-order valence-corrected chi connectivity index (χ4v) is 6.27. The lowest BCUT2D eigenvalue weighted by Gasteiger charge is -2.32. The van der Waals surface area contributed by atoms with E-state index in [1.807, 2.05) is 37.2 Å². The number of aliphatic imine (C=N–C) groups is 4. The molecule has 0 unspecified atom stereocenters. The quantitative estimate of drug-likeness (QED) is 0.513. The molecule has 0 radical (unpaired) electrons. The van der Waals surface area contributed by atoms with Crippen LogP contribution >= 0.6 is 0 Å². The predicted octanol–water partition coefficient (Wildman–Crippen LogP) is 5.72. The Bertz CT molecular complexity index is 1430. The van der Waals surface area contributed by atoms with Crippen LogP contribution in [0.3, 0.4) is 0 Å². The molecule has 1 saturated heterocycles. The van der Waals surface area contributed by atoms with Gasteiger partial charge in [0.15, 0.2) is 11.7 Å². The molecule has 0 atom stereocenters. The van der Waals surface area contributed by atoms with Crippen LogP contribution in [0.15, 0.2) is 80.4 Å². The minimum absolute atomic E-state index is 0.586. The first kappa shape index (κ1) is 23.9. The number of benzene rings is 2. The first-order chi connectivity index (χ1) is 19.2. The van der Waals surface area contributed by atoms with Gasteiger partial charge >= 0.3 is 0 Å². The number of allylic oxidation sites excluding steroid dienone is 2. The van der Waals surface area contributed by atoms with Crippen molar-refractivity contribution in [2.75, 3.05) is 42.7 Å². The van der Waals surface area contributed by atoms with Gasteiger partial charge in [-0.05, 0) is 79.6 Å². The van der Waals surface area contributed by atoms with Crippen molar-refractivity contribution in [1.82, 2.24) is 4.90 Å². The first-order valence-corrected chi connectivity index (χ1v) is 14.1. The Kier molecular flexibility index (Phi) is 6.02. The van der Waals surface area contributed by atoms with E-state index in [-0.39, 0.29) is 0 Å². The SMILES string of the molecule is CNc1cc(N2CCCC2)ccc1C1=NC2=CC=CC3=NC(c4ccc(C5CCCC5)cc4NC)=NC(=N1)N23. The molecule has 1 aliphatic carbocycles. The molecular weight excluding hydrogens is 484 g/mol. The van der Waals surface area contributed by atoms with E-state index >= 15 is 0 Å². The second-order valence-electron chi connectivity index (χ2n) is 10.7. The average Bonchev–Trinajstić information content (AvgIpc) is 3.72. The number of nitrogens with zero attached hydrogens (tertiary/aromatic N) is 6. The van der Waals surface area contributed by atoms with Gasteiger partial charge in [-0.25, -0.2) is 14.9 Å². The summed E-state index contributed by atoms with van der Waals surface area (Å²) < 4.78 is 0. The molecule has 4 aliphatic heterocycles. The van der Waals surface area contributed by atoms with E-state index in [2.05, 4.69) is 51.9 Å². The van der Waals surface area contributed by atoms with Gasteiger partial charge in [0.2, 0.25) is 5.96 Å². The fraction of sp³-hybridized carbons (Fsp3) is 0.355. The van der Waals surface area contributed by atoms with Crippen molar-refractivity contribution in [2.45, 2.75) is 44.4 Å². The van der Waals surface area contributed by atoms with E-state index in [0.29, 0.717) is 23.5 Å². The van der Waals surface area contributed by atoms with Gasteiger partial charge in [-0.2, -0.15) is 9.98 Å². The molecule has 2 N–H and O–H groups in total. The van der Waals surface area contributed by atoms with Gasteiger partial charge in [0.1, 0.15) is 11.7 Å². The fourth-order valence-electron chi connectivity index (χ4n) is 6.27. The second-order valence-corrected chi connectivity index (χ2v) is 10.7. The molecule has 0 aromatic heterocycles. The number of hydrogen-bond donors (Lipinski definition) is 2. The van der Waals surface area contributed by atoms with E-state index < -0.39 is 0 Å². The van der Waals surface area contributed by atoms with Gasteiger partial charge in [0.25, 0.3) is 0 Å². The average molecular weight is 519 g/mol. The summed E-state index contributed by atoms with van der Waals surface area (Å²) in [5.41, 5.74) is 6.63. The highest BCUT2D eigenvalue weighted by atomic mass is 15.4. The van der Waals surface area contributed by atoms with Gasteiger partial charge in [0.05, 0.1) is 0 Å². The van der Waals surface area contributed by atoms with Crippen molar-refractivity contribution in [1.29, 1.82) is 0 Å². The number of guanidine groups is 1. The summed E-state index contributed by atoms with van der Waals surface area (Å²) in [6, 6.07) is 13.2. The third-order valence-electron chi connectivity index (χ3n) is 8.37. The number of hydrogen-bond acceptors (Lipinski definition) is 8. The van der Waals surface area contributed by atoms with Gasteiger partial charge < -0.3 is 15.5 Å². The molecule has 8 nitrogen and oxygen atoms in total. The van der Waals surface area contributed by atoms with Crippen LogP contribution in [0.1, 0.15) is 61.1 Å². The zero-order valence-electron chi connectivity index (χ0n) is 22.6. The van der Waals surface area contributed by atoms with Crippen LogP contribution in [-0.2, 0) is 0 Å². The Morgan fingerprint density at radius 3 is 2.26 bits per heavy atom. The molecule has 8 heteroatoms. The predicted molar refractivity (Wildman–Crippen MR) is 162 cm³/mol. The Balaban J connectivity index is 1.28. The third-order valence-corrected chi connectivity index (χ3v) is 8.37. The molecule has 0 bridgehead atoms. The zero-order chi connectivity index (χ0) is 26.3. The van der Waals surface area contributed by atoms with Crippen LogP contribution in [0.4, 0.5) is 17.1 Å². The summed E-state index contributed by atoms with van der Waals surface area (Å²) in [6.45, 7) is 2.21. The maximum atomic E-state index is 4.99. The molecule has 39 heavy (non-hydrogen) atoms. The lowest BCUT2D eigenvalue weighted by Crippen LogP contribution is -2.41. The van der Waals surface area contributed by atoms with Crippen LogP contribution in [0.25, 0.3) is 0 Å². The van der Waals surface area contributed by atoms with Gasteiger partial charge in [-0.3, -0.25) is 0 Å². The van der Waals surface area contributed by atoms with Crippen LogP contribution in [0.2, 0.25) is 0 Å². The van der Waals surface area contributed by atoms with Crippen molar-refractivity contribution in [2.24, 2.45) is 20.0 Å². The molecule has 4 heterocycles. The maximum Gasteiger partial charge on any atom is 0.241 e. The Labute approximate surface area is 229 Å². The smallest absolute Gasteiger partial charge is 0.241 e. The van der Waals surface area contributed by atoms with Crippen molar-refractivity contribution >= 4 is 40.5 Å². The standard InChI is InChI=1S/C31H34N8/c1-32-25-18-21(20-8-3-4-9-20)12-14-23(25)29-34-27-10-7-11-28-35-30(37-31(36-29)39(27)28)24-15-13-22(19-26(24)33-2)38-16-5-6-17-38/h7,10-15,18-20,32-33H,3-6,8-9,16-17H2,1-2H3. The van der Waals surface area contributed by atoms with Crippen LogP contribution in [0.5, 0.6) is 0 Å². The lowest BCUT2D eigenvalue weighted by molar-refractivity contribution is 0.711. The maximum absolute atomic E-state index is 4.99. The molecule has 7 rings (SSSR count). The Morgan fingerprint density at radius 1 is 0.769 bits per heavy atom. The van der Waals surface area contributed by atoms with Crippen molar-refractivity contribution < 1.29 is 0 Å². The van der Waals surface area contributed by atoms with E-state index in [0.717, 1.165) is 47.2 Å². The zero-order valence-corrected chi connectivity index (χ0v) is 22.6. The summed E-state index contributed by atoms with van der Waals surface area (Å²) >= 11 is 0. The Morgan fingerprint density at radius 2 is 1.49 bits per heavy atom. The van der Waals surface area contributed by atoms with Crippen LogP contribution < -0.4 is 15.5 Å². The minimum atomic E-state index is 0.586. The van der Waals surface area contributed by atoms with E-state index in [1.165, 1.54) is 49.8 Å². The molecule has 1 saturated carbocycles. The third kappa shape index (κ3) is 4.24. The molecule has 2 fully saturated rings. The van der Waals surface area contributed by atoms with Crippen molar-refractivity contribution in [3.63, 3.8) is 0 Å². The largest absolute Gasteiger partial charge is 0.388 e.